The number of carbonyl (C=O) groups is 1. The molecule has 130 valence electrons. The zero-order valence-electron chi connectivity index (χ0n) is 14.6. The van der Waals surface area contributed by atoms with Crippen molar-refractivity contribution in [2.24, 2.45) is 0 Å². The van der Waals surface area contributed by atoms with Crippen molar-refractivity contribution in [3.05, 3.63) is 71.4 Å². The number of nitrogens with zero attached hydrogens (tertiary/aromatic N) is 3. The minimum atomic E-state index is -0.139. The van der Waals surface area contributed by atoms with E-state index in [9.17, 15) is 4.79 Å². The molecule has 1 N–H and O–H groups in total. The standard InChI is InChI=1S/C20H18N4O2/c1-14-11-19(23-24(14)17-7-3-16(13-21)4-8-17)22-20(25)12-15-5-9-18(26-2)10-6-15/h3-11H,12H2,1-2H3,(H,22,23,25). The van der Waals surface area contributed by atoms with E-state index in [2.05, 4.69) is 16.5 Å². The van der Waals surface area contributed by atoms with Gasteiger partial charge >= 0.3 is 0 Å². The molecule has 0 saturated heterocycles. The minimum absolute atomic E-state index is 0.139. The van der Waals surface area contributed by atoms with E-state index in [1.54, 1.807) is 23.9 Å². The van der Waals surface area contributed by atoms with Gasteiger partial charge in [-0.05, 0) is 48.9 Å². The molecule has 0 aliphatic carbocycles. The Morgan fingerprint density at radius 2 is 1.88 bits per heavy atom. The van der Waals surface area contributed by atoms with Gasteiger partial charge in [0.1, 0.15) is 5.75 Å². The van der Waals surface area contributed by atoms with Gasteiger partial charge in [-0.3, -0.25) is 4.79 Å². The first-order valence-corrected chi connectivity index (χ1v) is 8.09. The Labute approximate surface area is 151 Å². The lowest BCUT2D eigenvalue weighted by molar-refractivity contribution is -0.115. The highest BCUT2D eigenvalue weighted by Crippen LogP contribution is 2.17. The number of ether oxygens (including phenoxy) is 1. The van der Waals surface area contributed by atoms with Gasteiger partial charge in [0.15, 0.2) is 5.82 Å². The quantitative estimate of drug-likeness (QED) is 0.769. The SMILES string of the molecule is COc1ccc(CC(=O)Nc2cc(C)n(-c3ccc(C#N)cc3)n2)cc1. The van der Waals surface area contributed by atoms with E-state index < -0.39 is 0 Å². The molecule has 0 bridgehead atoms. The van der Waals surface area contributed by atoms with Crippen LogP contribution in [0.2, 0.25) is 0 Å². The molecular formula is C20H18N4O2. The van der Waals surface area contributed by atoms with Crippen LogP contribution in [0.3, 0.4) is 0 Å². The maximum atomic E-state index is 12.2. The van der Waals surface area contributed by atoms with Gasteiger partial charge in [0, 0.05) is 11.8 Å². The van der Waals surface area contributed by atoms with Crippen LogP contribution >= 0.6 is 0 Å². The first kappa shape index (κ1) is 17.2. The number of nitriles is 1. The van der Waals surface area contributed by atoms with E-state index in [0.717, 1.165) is 22.7 Å². The topological polar surface area (TPSA) is 79.9 Å². The number of aryl methyl sites for hydroxylation is 1. The van der Waals surface area contributed by atoms with Crippen molar-refractivity contribution in [2.75, 3.05) is 12.4 Å². The summed E-state index contributed by atoms with van der Waals surface area (Å²) >= 11 is 0. The molecular weight excluding hydrogens is 328 g/mol. The Bertz CT molecular complexity index is 951. The molecule has 0 radical (unpaired) electrons. The lowest BCUT2D eigenvalue weighted by atomic mass is 10.1. The fourth-order valence-corrected chi connectivity index (χ4v) is 2.59. The Balaban J connectivity index is 1.69. The summed E-state index contributed by atoms with van der Waals surface area (Å²) in [6, 6.07) is 18.4. The van der Waals surface area contributed by atoms with Crippen molar-refractivity contribution < 1.29 is 9.53 Å². The number of aromatic nitrogens is 2. The third kappa shape index (κ3) is 3.90. The van der Waals surface area contributed by atoms with Crippen LogP contribution in [-0.4, -0.2) is 22.8 Å². The lowest BCUT2D eigenvalue weighted by Gasteiger charge is -2.05. The number of anilines is 1. The molecule has 0 saturated carbocycles. The average molecular weight is 346 g/mol. The number of nitrogens with one attached hydrogen (secondary N) is 1. The molecule has 0 fully saturated rings. The summed E-state index contributed by atoms with van der Waals surface area (Å²) in [5.41, 5.74) is 3.20. The summed E-state index contributed by atoms with van der Waals surface area (Å²) < 4.78 is 6.84. The number of hydrogen-bond donors (Lipinski definition) is 1. The molecule has 2 aromatic carbocycles. The Hall–Kier alpha value is -3.59. The molecule has 26 heavy (non-hydrogen) atoms. The van der Waals surface area contributed by atoms with Gasteiger partial charge in [-0.25, -0.2) is 4.68 Å². The van der Waals surface area contributed by atoms with Crippen LogP contribution in [-0.2, 0) is 11.2 Å². The molecule has 6 heteroatoms. The molecule has 6 nitrogen and oxygen atoms in total. The van der Waals surface area contributed by atoms with E-state index in [-0.39, 0.29) is 12.3 Å². The monoisotopic (exact) mass is 346 g/mol. The summed E-state index contributed by atoms with van der Waals surface area (Å²) in [7, 11) is 1.61. The minimum Gasteiger partial charge on any atom is -0.497 e. The number of methoxy groups -OCH3 is 1. The van der Waals surface area contributed by atoms with E-state index in [1.165, 1.54) is 0 Å². The van der Waals surface area contributed by atoms with E-state index in [4.69, 9.17) is 10.00 Å². The summed E-state index contributed by atoms with van der Waals surface area (Å²) in [5.74, 6) is 1.11. The molecule has 3 rings (SSSR count). The van der Waals surface area contributed by atoms with Crippen molar-refractivity contribution in [1.82, 2.24) is 9.78 Å². The van der Waals surface area contributed by atoms with Crippen molar-refractivity contribution in [2.45, 2.75) is 13.3 Å². The maximum Gasteiger partial charge on any atom is 0.229 e. The summed E-state index contributed by atoms with van der Waals surface area (Å²) in [5, 5.41) is 16.1. The van der Waals surface area contributed by atoms with Gasteiger partial charge in [0.05, 0.1) is 30.9 Å². The van der Waals surface area contributed by atoms with Crippen LogP contribution in [0.1, 0.15) is 16.8 Å². The maximum absolute atomic E-state index is 12.2. The predicted octanol–water partition coefficient (Wildman–Crippen LogP) is 3.24. The summed E-state index contributed by atoms with van der Waals surface area (Å²) in [6.45, 7) is 1.91. The zero-order chi connectivity index (χ0) is 18.5. The van der Waals surface area contributed by atoms with Crippen LogP contribution in [0, 0.1) is 18.3 Å². The number of benzene rings is 2. The van der Waals surface area contributed by atoms with Crippen molar-refractivity contribution >= 4 is 11.7 Å². The molecule has 3 aromatic rings. The highest BCUT2D eigenvalue weighted by Gasteiger charge is 2.10. The first-order chi connectivity index (χ1) is 12.6. The van der Waals surface area contributed by atoms with Crippen molar-refractivity contribution in [3.8, 4) is 17.5 Å². The van der Waals surface area contributed by atoms with Gasteiger partial charge in [-0.15, -0.1) is 5.10 Å². The first-order valence-electron chi connectivity index (χ1n) is 8.09. The summed E-state index contributed by atoms with van der Waals surface area (Å²) in [4.78, 5) is 12.2. The highest BCUT2D eigenvalue weighted by atomic mass is 16.5. The van der Waals surface area contributed by atoms with Crippen LogP contribution in [0.25, 0.3) is 5.69 Å². The van der Waals surface area contributed by atoms with Gasteiger partial charge in [0.2, 0.25) is 5.91 Å². The number of carbonyl (C=O) groups excluding carboxylic acids is 1. The van der Waals surface area contributed by atoms with Crippen LogP contribution < -0.4 is 10.1 Å². The fraction of sp³-hybridized carbons (Fsp3) is 0.150. The number of hydrogen-bond acceptors (Lipinski definition) is 4. The number of rotatable bonds is 5. The van der Waals surface area contributed by atoms with Crippen LogP contribution in [0.15, 0.2) is 54.6 Å². The molecule has 0 aliphatic heterocycles. The second-order valence-electron chi connectivity index (χ2n) is 5.81. The van der Waals surface area contributed by atoms with Crippen LogP contribution in [0.4, 0.5) is 5.82 Å². The second-order valence-corrected chi connectivity index (χ2v) is 5.81. The Morgan fingerprint density at radius 1 is 1.19 bits per heavy atom. The second kappa shape index (κ2) is 7.53. The molecule has 1 heterocycles. The molecule has 1 amide bonds. The third-order valence-corrected chi connectivity index (χ3v) is 3.92. The zero-order valence-corrected chi connectivity index (χ0v) is 14.6. The Kier molecular flexibility index (Phi) is 4.99. The van der Waals surface area contributed by atoms with Crippen LogP contribution in [0.5, 0.6) is 5.75 Å². The predicted molar refractivity (Wildman–Crippen MR) is 98.3 cm³/mol. The third-order valence-electron chi connectivity index (χ3n) is 3.92. The average Bonchev–Trinajstić information content (AvgIpc) is 3.02. The largest absolute Gasteiger partial charge is 0.497 e. The Morgan fingerprint density at radius 3 is 2.50 bits per heavy atom. The molecule has 0 spiro atoms. The fourth-order valence-electron chi connectivity index (χ4n) is 2.59. The number of amides is 1. The van der Waals surface area contributed by atoms with Crippen molar-refractivity contribution in [1.29, 1.82) is 5.26 Å². The normalized spacial score (nSPS) is 10.2. The summed E-state index contributed by atoms with van der Waals surface area (Å²) in [6.07, 6.45) is 0.257. The molecule has 0 atom stereocenters. The van der Waals surface area contributed by atoms with Gasteiger partial charge in [0.25, 0.3) is 0 Å². The smallest absolute Gasteiger partial charge is 0.229 e. The van der Waals surface area contributed by atoms with E-state index >= 15 is 0 Å². The molecule has 0 unspecified atom stereocenters. The van der Waals surface area contributed by atoms with Gasteiger partial charge in [-0.2, -0.15) is 5.26 Å². The van der Waals surface area contributed by atoms with Gasteiger partial charge in [-0.1, -0.05) is 12.1 Å². The lowest BCUT2D eigenvalue weighted by Crippen LogP contribution is -2.15. The van der Waals surface area contributed by atoms with Gasteiger partial charge < -0.3 is 10.1 Å². The van der Waals surface area contributed by atoms with E-state index in [0.29, 0.717) is 11.4 Å². The molecule has 1 aromatic heterocycles. The molecule has 0 aliphatic rings. The highest BCUT2D eigenvalue weighted by molar-refractivity contribution is 5.91. The van der Waals surface area contributed by atoms with Crippen molar-refractivity contribution in [3.63, 3.8) is 0 Å². The van der Waals surface area contributed by atoms with E-state index in [1.807, 2.05) is 49.4 Å².